The Balaban J connectivity index is 1.55. The lowest BCUT2D eigenvalue weighted by Gasteiger charge is -2.41. The molecule has 1 saturated heterocycles. The van der Waals surface area contributed by atoms with E-state index in [4.69, 9.17) is 5.11 Å². The molecular weight excluding hydrogens is 494 g/mol. The van der Waals surface area contributed by atoms with Gasteiger partial charge < -0.3 is 10.0 Å². The SMILES string of the molecule is CCCC[C@@H]1CN(Cc2cc(C)cc(CC(=O)O)c2)CCN1c1nc2cc(F)c(C(F)(F)F)cc2s1. The molecule has 5 nitrogen and oxygen atoms in total. The van der Waals surface area contributed by atoms with Crippen molar-refractivity contribution in [3.63, 3.8) is 0 Å². The zero-order chi connectivity index (χ0) is 26.0. The summed E-state index contributed by atoms with van der Waals surface area (Å²) in [5.74, 6) is -2.17. The van der Waals surface area contributed by atoms with Crippen LogP contribution in [0.15, 0.2) is 30.3 Å². The number of aliphatic carboxylic acids is 1. The number of unbranched alkanes of at least 4 members (excludes halogenated alkanes) is 1. The van der Waals surface area contributed by atoms with Crippen molar-refractivity contribution >= 4 is 32.7 Å². The fourth-order valence-corrected chi connectivity index (χ4v) is 5.94. The van der Waals surface area contributed by atoms with Gasteiger partial charge in [0.15, 0.2) is 5.13 Å². The summed E-state index contributed by atoms with van der Waals surface area (Å²) in [4.78, 5) is 20.1. The third-order valence-corrected chi connectivity index (χ3v) is 7.49. The molecular formula is C26H29F4N3O2S. The van der Waals surface area contributed by atoms with Gasteiger partial charge in [-0.3, -0.25) is 9.69 Å². The summed E-state index contributed by atoms with van der Waals surface area (Å²) < 4.78 is 53.9. The van der Waals surface area contributed by atoms with Crippen LogP contribution in [0.2, 0.25) is 0 Å². The summed E-state index contributed by atoms with van der Waals surface area (Å²) >= 11 is 1.17. The second-order valence-corrected chi connectivity index (χ2v) is 10.4. The maximum absolute atomic E-state index is 14.1. The first-order chi connectivity index (χ1) is 17.0. The van der Waals surface area contributed by atoms with E-state index in [0.717, 1.165) is 61.2 Å². The molecule has 1 aliphatic rings. The van der Waals surface area contributed by atoms with E-state index >= 15 is 0 Å². The number of carboxylic acid groups (broad SMARTS) is 1. The van der Waals surface area contributed by atoms with Crippen molar-refractivity contribution < 1.29 is 27.5 Å². The van der Waals surface area contributed by atoms with Crippen molar-refractivity contribution in [2.75, 3.05) is 24.5 Å². The number of halogens is 4. The highest BCUT2D eigenvalue weighted by molar-refractivity contribution is 7.22. The zero-order valence-corrected chi connectivity index (χ0v) is 21.1. The number of benzene rings is 2. The molecule has 0 aliphatic carbocycles. The predicted molar refractivity (Wildman–Crippen MR) is 133 cm³/mol. The van der Waals surface area contributed by atoms with Crippen molar-refractivity contribution in [1.29, 1.82) is 0 Å². The highest BCUT2D eigenvalue weighted by Gasteiger charge is 2.35. The third kappa shape index (κ3) is 6.15. The number of piperazine rings is 1. The normalized spacial score (nSPS) is 17.2. The van der Waals surface area contributed by atoms with Crippen LogP contribution in [0, 0.1) is 12.7 Å². The summed E-state index contributed by atoms with van der Waals surface area (Å²) in [7, 11) is 0. The molecule has 1 N–H and O–H groups in total. The highest BCUT2D eigenvalue weighted by Crippen LogP contribution is 2.38. The van der Waals surface area contributed by atoms with E-state index in [0.29, 0.717) is 22.9 Å². The lowest BCUT2D eigenvalue weighted by molar-refractivity contribution is -0.140. The molecule has 10 heteroatoms. The van der Waals surface area contributed by atoms with E-state index in [1.54, 1.807) is 0 Å². The van der Waals surface area contributed by atoms with Crippen molar-refractivity contribution in [2.45, 2.75) is 58.3 Å². The molecule has 0 saturated carbocycles. The van der Waals surface area contributed by atoms with Gasteiger partial charge in [0.1, 0.15) is 5.82 Å². The Bertz CT molecular complexity index is 1240. The van der Waals surface area contributed by atoms with E-state index in [2.05, 4.69) is 27.8 Å². The van der Waals surface area contributed by atoms with Crippen LogP contribution >= 0.6 is 11.3 Å². The summed E-state index contributed by atoms with van der Waals surface area (Å²) in [6.07, 6.45) is -1.85. The minimum Gasteiger partial charge on any atom is -0.481 e. The highest BCUT2D eigenvalue weighted by atomic mass is 32.1. The van der Waals surface area contributed by atoms with Gasteiger partial charge in [0.2, 0.25) is 0 Å². The number of aromatic nitrogens is 1. The largest absolute Gasteiger partial charge is 0.481 e. The molecule has 1 atom stereocenters. The molecule has 194 valence electrons. The Hall–Kier alpha value is -2.72. The molecule has 1 aliphatic heterocycles. The minimum atomic E-state index is -4.75. The number of alkyl halides is 3. The summed E-state index contributed by atoms with van der Waals surface area (Å²) in [5, 5.41) is 9.76. The monoisotopic (exact) mass is 523 g/mol. The molecule has 1 fully saturated rings. The average molecular weight is 524 g/mol. The van der Waals surface area contributed by atoms with Crippen LogP contribution in [-0.4, -0.2) is 46.6 Å². The first-order valence-electron chi connectivity index (χ1n) is 12.0. The number of nitrogens with zero attached hydrogens (tertiary/aromatic N) is 3. The van der Waals surface area contributed by atoms with Gasteiger partial charge in [-0.15, -0.1) is 0 Å². The van der Waals surface area contributed by atoms with Gasteiger partial charge >= 0.3 is 12.1 Å². The molecule has 0 amide bonds. The van der Waals surface area contributed by atoms with Crippen molar-refractivity contribution in [1.82, 2.24) is 9.88 Å². The summed E-state index contributed by atoms with van der Waals surface area (Å²) in [5.41, 5.74) is 1.83. The molecule has 2 aromatic carbocycles. The van der Waals surface area contributed by atoms with Gasteiger partial charge in [0, 0.05) is 38.3 Å². The van der Waals surface area contributed by atoms with Crippen LogP contribution in [0.25, 0.3) is 10.2 Å². The molecule has 36 heavy (non-hydrogen) atoms. The fourth-order valence-electron chi connectivity index (χ4n) is 4.85. The second-order valence-electron chi connectivity index (χ2n) is 9.42. The van der Waals surface area contributed by atoms with Gasteiger partial charge in [0.25, 0.3) is 0 Å². The van der Waals surface area contributed by atoms with Crippen molar-refractivity contribution in [3.05, 3.63) is 58.4 Å². The van der Waals surface area contributed by atoms with E-state index in [9.17, 15) is 22.4 Å². The van der Waals surface area contributed by atoms with Crippen molar-refractivity contribution in [2.24, 2.45) is 0 Å². The Kier molecular flexibility index (Phi) is 7.85. The standard InChI is InChI=1S/C26H29F4N3O2S/c1-3-4-5-19-15-32(14-18-9-16(2)8-17(10-18)11-24(34)35)6-7-33(19)25-31-22-13-21(27)20(26(28,29)30)12-23(22)36-25/h8-10,12-13,19H,3-7,11,14-15H2,1-2H3,(H,34,35)/t19-/m1/s1. The zero-order valence-electron chi connectivity index (χ0n) is 20.2. The van der Waals surface area contributed by atoms with Crippen LogP contribution in [0.3, 0.4) is 0 Å². The van der Waals surface area contributed by atoms with Gasteiger partial charge in [0.05, 0.1) is 22.2 Å². The summed E-state index contributed by atoms with van der Waals surface area (Å²) in [6.45, 7) is 6.88. The number of thiazole rings is 1. The van der Waals surface area contributed by atoms with Crippen LogP contribution in [-0.2, 0) is 23.9 Å². The van der Waals surface area contributed by atoms with E-state index in [1.165, 1.54) is 11.3 Å². The number of hydrogen-bond acceptors (Lipinski definition) is 5. The second kappa shape index (κ2) is 10.7. The molecule has 0 unspecified atom stereocenters. The molecule has 1 aromatic heterocycles. The number of carboxylic acids is 1. The maximum Gasteiger partial charge on any atom is 0.419 e. The first-order valence-corrected chi connectivity index (χ1v) is 12.8. The summed E-state index contributed by atoms with van der Waals surface area (Å²) in [6, 6.07) is 7.75. The first kappa shape index (κ1) is 26.3. The Morgan fingerprint density at radius 1 is 1.17 bits per heavy atom. The lowest BCUT2D eigenvalue weighted by Crippen LogP contribution is -2.53. The maximum atomic E-state index is 14.1. The Labute approximate surface area is 211 Å². The fraction of sp³-hybridized carbons (Fsp3) is 0.462. The topological polar surface area (TPSA) is 56.7 Å². The van der Waals surface area contributed by atoms with Gasteiger partial charge in [-0.2, -0.15) is 13.2 Å². The Morgan fingerprint density at radius 3 is 2.61 bits per heavy atom. The number of aryl methyl sites for hydroxylation is 1. The van der Waals surface area contributed by atoms with E-state index in [1.807, 2.05) is 19.1 Å². The number of rotatable bonds is 8. The van der Waals surface area contributed by atoms with Crippen LogP contribution in [0.1, 0.15) is 48.4 Å². The van der Waals surface area contributed by atoms with Gasteiger partial charge in [-0.1, -0.05) is 54.9 Å². The van der Waals surface area contributed by atoms with E-state index in [-0.39, 0.29) is 18.0 Å². The predicted octanol–water partition coefficient (Wildman–Crippen LogP) is 6.27. The van der Waals surface area contributed by atoms with Gasteiger partial charge in [-0.25, -0.2) is 9.37 Å². The van der Waals surface area contributed by atoms with E-state index < -0.39 is 23.5 Å². The number of anilines is 1. The van der Waals surface area contributed by atoms with Crippen molar-refractivity contribution in [3.8, 4) is 0 Å². The Morgan fingerprint density at radius 2 is 1.92 bits per heavy atom. The molecule has 3 aromatic rings. The number of hydrogen-bond donors (Lipinski definition) is 1. The number of fused-ring (bicyclic) bond motifs is 1. The average Bonchev–Trinajstić information content (AvgIpc) is 3.18. The lowest BCUT2D eigenvalue weighted by atomic mass is 10.0. The van der Waals surface area contributed by atoms with Crippen LogP contribution in [0.5, 0.6) is 0 Å². The van der Waals surface area contributed by atoms with Gasteiger partial charge in [-0.05, 0) is 30.5 Å². The molecule has 0 bridgehead atoms. The van der Waals surface area contributed by atoms with Crippen LogP contribution in [0.4, 0.5) is 22.7 Å². The number of carbonyl (C=O) groups is 1. The van der Waals surface area contributed by atoms with Crippen LogP contribution < -0.4 is 4.90 Å². The molecule has 4 rings (SSSR count). The third-order valence-electron chi connectivity index (χ3n) is 6.43. The molecule has 0 radical (unpaired) electrons. The quantitative estimate of drug-likeness (QED) is 0.353. The molecule has 2 heterocycles. The molecule has 0 spiro atoms. The minimum absolute atomic E-state index is 0.0180. The smallest absolute Gasteiger partial charge is 0.419 e.